The Hall–Kier alpha value is -1.90. The molecule has 0 bridgehead atoms. The lowest BCUT2D eigenvalue weighted by atomic mass is 10.00. The molecule has 0 saturated heterocycles. The van der Waals surface area contributed by atoms with Crippen molar-refractivity contribution in [3.63, 3.8) is 0 Å². The van der Waals surface area contributed by atoms with Gasteiger partial charge in [0.05, 0.1) is 4.92 Å². The third kappa shape index (κ3) is 6.89. The summed E-state index contributed by atoms with van der Waals surface area (Å²) >= 11 is 0. The Morgan fingerprint density at radius 3 is 2.43 bits per heavy atom. The Morgan fingerprint density at radius 1 is 1.24 bits per heavy atom. The van der Waals surface area contributed by atoms with E-state index >= 15 is 0 Å². The molecule has 3 heteroatoms. The predicted octanol–water partition coefficient (Wildman–Crippen LogP) is 6.16. The second-order valence-electron chi connectivity index (χ2n) is 4.62. The van der Waals surface area contributed by atoms with Crippen LogP contribution in [0.1, 0.15) is 59.4 Å². The molecule has 0 atom stereocenters. The monoisotopic (exact) mass is 289 g/mol. The molecule has 116 valence electrons. The summed E-state index contributed by atoms with van der Waals surface area (Å²) in [5.74, 6) is 0. The average molecular weight is 289 g/mol. The first-order chi connectivity index (χ1) is 10.1. The Balaban J connectivity index is 0.00000191. The number of hydrogen-bond donors (Lipinski definition) is 0. The minimum absolute atomic E-state index is 0.149. The van der Waals surface area contributed by atoms with E-state index in [-0.39, 0.29) is 10.6 Å². The molecule has 0 aliphatic carbocycles. The maximum absolute atomic E-state index is 10.8. The van der Waals surface area contributed by atoms with E-state index in [4.69, 9.17) is 0 Å². The van der Waals surface area contributed by atoms with E-state index in [0.717, 1.165) is 30.4 Å². The first-order valence-corrected chi connectivity index (χ1v) is 7.69. The smallest absolute Gasteiger partial charge is 0.258 e. The van der Waals surface area contributed by atoms with Gasteiger partial charge in [-0.3, -0.25) is 10.1 Å². The quantitative estimate of drug-likeness (QED) is 0.357. The molecule has 0 saturated carbocycles. The molecule has 0 aliphatic rings. The Bertz CT molecular complexity index is 502. The molecule has 0 heterocycles. The molecule has 1 rings (SSSR count). The molecule has 3 nitrogen and oxygen atoms in total. The lowest BCUT2D eigenvalue weighted by Crippen LogP contribution is -1.90. The number of benzene rings is 1. The second-order valence-corrected chi connectivity index (χ2v) is 4.62. The van der Waals surface area contributed by atoms with Crippen LogP contribution in [0, 0.1) is 10.1 Å². The van der Waals surface area contributed by atoms with Gasteiger partial charge >= 0.3 is 0 Å². The zero-order valence-electron chi connectivity index (χ0n) is 13.8. The van der Waals surface area contributed by atoms with Crippen molar-refractivity contribution in [1.29, 1.82) is 0 Å². The van der Waals surface area contributed by atoms with Crippen LogP contribution in [0.15, 0.2) is 42.0 Å². The van der Waals surface area contributed by atoms with Crippen LogP contribution in [0.2, 0.25) is 0 Å². The van der Waals surface area contributed by atoms with Crippen LogP contribution >= 0.6 is 0 Å². The van der Waals surface area contributed by atoms with Gasteiger partial charge in [-0.25, -0.2) is 0 Å². The Morgan fingerprint density at radius 2 is 1.90 bits per heavy atom. The van der Waals surface area contributed by atoms with Crippen LogP contribution in [-0.2, 0) is 0 Å². The predicted molar refractivity (Wildman–Crippen MR) is 91.4 cm³/mol. The molecular weight excluding hydrogens is 262 g/mol. The lowest BCUT2D eigenvalue weighted by molar-refractivity contribution is -0.384. The minimum atomic E-state index is -0.347. The summed E-state index contributed by atoms with van der Waals surface area (Å²) in [6.45, 7) is 10.3. The summed E-state index contributed by atoms with van der Waals surface area (Å²) in [4.78, 5) is 10.5. The van der Waals surface area contributed by atoms with Crippen molar-refractivity contribution >= 4 is 11.3 Å². The van der Waals surface area contributed by atoms with Gasteiger partial charge in [0.25, 0.3) is 5.69 Å². The van der Waals surface area contributed by atoms with Gasteiger partial charge in [0.1, 0.15) is 0 Å². The van der Waals surface area contributed by atoms with Crippen molar-refractivity contribution in [2.24, 2.45) is 0 Å². The lowest BCUT2D eigenvalue weighted by Gasteiger charge is -2.06. The maximum Gasteiger partial charge on any atom is 0.270 e. The van der Waals surface area contributed by atoms with Gasteiger partial charge < -0.3 is 0 Å². The summed E-state index contributed by atoms with van der Waals surface area (Å²) in [5.41, 5.74) is 3.55. The van der Waals surface area contributed by atoms with Gasteiger partial charge in [0, 0.05) is 12.1 Å². The van der Waals surface area contributed by atoms with Gasteiger partial charge in [0.2, 0.25) is 0 Å². The fourth-order valence-electron chi connectivity index (χ4n) is 1.77. The van der Waals surface area contributed by atoms with Crippen molar-refractivity contribution < 1.29 is 4.92 Å². The molecule has 1 aromatic rings. The first kappa shape index (κ1) is 19.1. The highest BCUT2D eigenvalue weighted by molar-refractivity contribution is 5.68. The van der Waals surface area contributed by atoms with Crippen LogP contribution in [0.25, 0.3) is 5.57 Å². The maximum atomic E-state index is 10.8. The summed E-state index contributed by atoms with van der Waals surface area (Å²) < 4.78 is 0. The largest absolute Gasteiger partial charge is 0.270 e. The molecule has 0 aromatic heterocycles. The average Bonchev–Trinajstić information content (AvgIpc) is 2.53. The number of hydrogen-bond acceptors (Lipinski definition) is 2. The molecule has 0 spiro atoms. The van der Waals surface area contributed by atoms with E-state index in [1.54, 1.807) is 12.1 Å². The van der Waals surface area contributed by atoms with Crippen molar-refractivity contribution in [3.05, 3.63) is 57.7 Å². The molecule has 1 aromatic carbocycles. The van der Waals surface area contributed by atoms with E-state index in [1.807, 2.05) is 19.9 Å². The standard InChI is InChI=1S/C16H21NO2.C2H6/c1-4-7-14(11-10-13(3)5-2)15-8-6-9-16(12-15)17(18)19;1-2/h6,8-12H,4-5,7H2,1-3H3;1-2H3/b13-10+,14-11+;. The third-order valence-corrected chi connectivity index (χ3v) is 3.07. The number of rotatable bonds is 6. The summed E-state index contributed by atoms with van der Waals surface area (Å²) in [7, 11) is 0. The van der Waals surface area contributed by atoms with Gasteiger partial charge in [-0.2, -0.15) is 0 Å². The zero-order chi connectivity index (χ0) is 16.3. The van der Waals surface area contributed by atoms with Crippen molar-refractivity contribution in [1.82, 2.24) is 0 Å². The molecule has 0 N–H and O–H groups in total. The Kier molecular flexibility index (Phi) is 9.86. The highest BCUT2D eigenvalue weighted by atomic mass is 16.6. The van der Waals surface area contributed by atoms with E-state index in [0.29, 0.717) is 0 Å². The van der Waals surface area contributed by atoms with Crippen LogP contribution in [0.4, 0.5) is 5.69 Å². The van der Waals surface area contributed by atoms with E-state index in [1.165, 1.54) is 11.6 Å². The zero-order valence-corrected chi connectivity index (χ0v) is 13.8. The minimum Gasteiger partial charge on any atom is -0.258 e. The third-order valence-electron chi connectivity index (χ3n) is 3.07. The highest BCUT2D eigenvalue weighted by Crippen LogP contribution is 2.24. The van der Waals surface area contributed by atoms with Crippen LogP contribution in [0.3, 0.4) is 0 Å². The van der Waals surface area contributed by atoms with Crippen LogP contribution in [-0.4, -0.2) is 4.92 Å². The summed E-state index contributed by atoms with van der Waals surface area (Å²) in [6.07, 6.45) is 7.15. The summed E-state index contributed by atoms with van der Waals surface area (Å²) in [6, 6.07) is 6.85. The number of nitrogens with zero attached hydrogens (tertiary/aromatic N) is 1. The van der Waals surface area contributed by atoms with Gasteiger partial charge in [-0.15, -0.1) is 0 Å². The molecule has 21 heavy (non-hydrogen) atoms. The summed E-state index contributed by atoms with van der Waals surface area (Å²) in [5, 5.41) is 10.8. The topological polar surface area (TPSA) is 43.1 Å². The van der Waals surface area contributed by atoms with Crippen molar-refractivity contribution in [3.8, 4) is 0 Å². The molecule has 0 unspecified atom stereocenters. The normalized spacial score (nSPS) is 11.7. The number of nitro groups is 1. The second kappa shape index (κ2) is 10.8. The van der Waals surface area contributed by atoms with Crippen molar-refractivity contribution in [2.75, 3.05) is 0 Å². The fourth-order valence-corrected chi connectivity index (χ4v) is 1.77. The van der Waals surface area contributed by atoms with Crippen LogP contribution in [0.5, 0.6) is 0 Å². The molecule has 0 amide bonds. The Labute approximate surface area is 128 Å². The van der Waals surface area contributed by atoms with E-state index < -0.39 is 0 Å². The SMILES string of the molecule is CC.CCC/C(=C\C=C(/C)CC)c1cccc([N+](=O)[O-])c1. The number of nitro benzene ring substituents is 1. The fraction of sp³-hybridized carbons (Fsp3) is 0.444. The van der Waals surface area contributed by atoms with Crippen molar-refractivity contribution in [2.45, 2.75) is 53.9 Å². The van der Waals surface area contributed by atoms with E-state index in [2.05, 4.69) is 32.9 Å². The molecule has 0 aliphatic heterocycles. The van der Waals surface area contributed by atoms with Gasteiger partial charge in [-0.05, 0) is 30.9 Å². The molecular formula is C18H27NO2. The number of allylic oxidation sites excluding steroid dienone is 4. The van der Waals surface area contributed by atoms with E-state index in [9.17, 15) is 10.1 Å². The molecule has 0 radical (unpaired) electrons. The number of non-ortho nitro benzene ring substituents is 1. The molecule has 0 fully saturated rings. The highest BCUT2D eigenvalue weighted by Gasteiger charge is 2.08. The van der Waals surface area contributed by atoms with Gasteiger partial charge in [0.15, 0.2) is 0 Å². The van der Waals surface area contributed by atoms with Crippen LogP contribution < -0.4 is 0 Å². The van der Waals surface area contributed by atoms with Gasteiger partial charge in [-0.1, -0.05) is 64.0 Å². The first-order valence-electron chi connectivity index (χ1n) is 7.69.